The molecule has 1 heterocycles. The molecule has 72 valence electrons. The van der Waals surface area contributed by atoms with Gasteiger partial charge in [-0.05, 0) is 22.4 Å². The summed E-state index contributed by atoms with van der Waals surface area (Å²) in [4.78, 5) is 4.45. The van der Waals surface area contributed by atoms with Crippen molar-refractivity contribution in [1.82, 2.24) is 5.01 Å². The first-order valence-electron chi connectivity index (χ1n) is 4.34. The van der Waals surface area contributed by atoms with E-state index in [1.54, 1.807) is 5.01 Å². The molecular weight excluding hydrogens is 230 g/mol. The quantitative estimate of drug-likeness (QED) is 0.733. The van der Waals surface area contributed by atoms with E-state index in [9.17, 15) is 0 Å². The van der Waals surface area contributed by atoms with Gasteiger partial charge in [-0.2, -0.15) is 5.10 Å². The zero-order valence-corrected chi connectivity index (χ0v) is 9.63. The first-order chi connectivity index (χ1) is 6.15. The second kappa shape index (κ2) is 4.56. The maximum atomic E-state index is 4.45. The van der Waals surface area contributed by atoms with Crippen LogP contribution in [0.4, 0.5) is 0 Å². The summed E-state index contributed by atoms with van der Waals surface area (Å²) in [7, 11) is 1.88. The van der Waals surface area contributed by atoms with Crippen molar-refractivity contribution in [2.45, 2.75) is 19.8 Å². The zero-order valence-electron chi connectivity index (χ0n) is 8.05. The van der Waals surface area contributed by atoms with Gasteiger partial charge in [0.05, 0.1) is 11.4 Å². The van der Waals surface area contributed by atoms with Gasteiger partial charge in [0, 0.05) is 20.0 Å². The fourth-order valence-electron chi connectivity index (χ4n) is 1.08. The van der Waals surface area contributed by atoms with Crippen LogP contribution < -0.4 is 0 Å². The topological polar surface area (TPSA) is 28.0 Å². The maximum absolute atomic E-state index is 4.45. The predicted molar refractivity (Wildman–Crippen MR) is 60.5 cm³/mol. The highest BCUT2D eigenvalue weighted by Gasteiger charge is 2.16. The fourth-order valence-corrected chi connectivity index (χ4v) is 1.58. The lowest BCUT2D eigenvalue weighted by molar-refractivity contribution is 0.465. The van der Waals surface area contributed by atoms with Crippen LogP contribution in [0.3, 0.4) is 0 Å². The number of hydrogen-bond donors (Lipinski definition) is 0. The molecule has 0 N–H and O–H groups in total. The average Bonchev–Trinajstić information content (AvgIpc) is 2.09. The van der Waals surface area contributed by atoms with Gasteiger partial charge in [-0.15, -0.1) is 0 Å². The van der Waals surface area contributed by atoms with Crippen molar-refractivity contribution in [2.24, 2.45) is 10.1 Å². The molecule has 0 radical (unpaired) electrons. The molecule has 0 fully saturated rings. The highest BCUT2D eigenvalue weighted by atomic mass is 79.9. The number of hydrogen-bond acceptors (Lipinski definition) is 3. The fraction of sp³-hybridized carbons (Fsp3) is 0.556. The smallest absolute Gasteiger partial charge is 0.109 e. The Kier molecular flexibility index (Phi) is 3.66. The molecule has 0 amide bonds. The Morgan fingerprint density at radius 1 is 1.69 bits per heavy atom. The largest absolute Gasteiger partial charge is 0.287 e. The molecule has 0 saturated heterocycles. The second-order valence-electron chi connectivity index (χ2n) is 2.95. The first-order valence-corrected chi connectivity index (χ1v) is 5.13. The second-order valence-corrected chi connectivity index (χ2v) is 3.87. The van der Waals surface area contributed by atoms with Crippen molar-refractivity contribution in [3.05, 3.63) is 12.3 Å². The molecule has 0 aromatic rings. The Bertz CT molecular complexity index is 268. The summed E-state index contributed by atoms with van der Waals surface area (Å²) in [5.41, 5.74) is 1.93. The van der Waals surface area contributed by atoms with Crippen molar-refractivity contribution in [3.63, 3.8) is 0 Å². The van der Waals surface area contributed by atoms with E-state index in [0.717, 1.165) is 35.4 Å². The molecule has 3 nitrogen and oxygen atoms in total. The normalized spacial score (nSPS) is 20.8. The summed E-state index contributed by atoms with van der Waals surface area (Å²) in [6.45, 7) is 6.91. The summed E-state index contributed by atoms with van der Waals surface area (Å²) in [5, 5.41) is 5.96. The zero-order chi connectivity index (χ0) is 9.84. The number of rotatable bonds is 2. The van der Waals surface area contributed by atoms with Gasteiger partial charge < -0.3 is 0 Å². The highest BCUT2D eigenvalue weighted by molar-refractivity contribution is 9.18. The van der Waals surface area contributed by atoms with E-state index in [1.165, 1.54) is 0 Å². The highest BCUT2D eigenvalue weighted by Crippen LogP contribution is 2.16. The summed E-state index contributed by atoms with van der Waals surface area (Å²) >= 11 is 3.37. The minimum absolute atomic E-state index is 0.767. The lowest BCUT2D eigenvalue weighted by Gasteiger charge is -2.22. The van der Waals surface area contributed by atoms with Crippen LogP contribution in [-0.4, -0.2) is 28.9 Å². The Labute approximate surface area is 87.4 Å². The standard InChI is InChI=1S/C9H14BrN3/c1-4-5-11-8-6-9(10)12-13(3)7(8)2/h2,4-6H2,1,3H3. The van der Waals surface area contributed by atoms with Crippen molar-refractivity contribution in [2.75, 3.05) is 13.6 Å². The molecule has 0 aliphatic carbocycles. The molecule has 13 heavy (non-hydrogen) atoms. The van der Waals surface area contributed by atoms with E-state index in [4.69, 9.17) is 0 Å². The van der Waals surface area contributed by atoms with Crippen LogP contribution in [0.15, 0.2) is 22.4 Å². The predicted octanol–water partition coefficient (Wildman–Crippen LogP) is 2.40. The summed E-state index contributed by atoms with van der Waals surface area (Å²) in [6, 6.07) is 0. The monoisotopic (exact) mass is 243 g/mol. The SMILES string of the molecule is C=C1C(=NCCC)CC(Br)=NN1C. The lowest BCUT2D eigenvalue weighted by Crippen LogP contribution is -2.25. The molecule has 1 aliphatic rings. The third-order valence-corrected chi connectivity index (χ3v) is 2.26. The minimum Gasteiger partial charge on any atom is -0.287 e. The van der Waals surface area contributed by atoms with Crippen LogP contribution in [0, 0.1) is 0 Å². The third kappa shape index (κ3) is 2.66. The van der Waals surface area contributed by atoms with E-state index < -0.39 is 0 Å². The van der Waals surface area contributed by atoms with Gasteiger partial charge in [-0.1, -0.05) is 13.5 Å². The summed E-state index contributed by atoms with van der Waals surface area (Å²) in [5.74, 6) is 0. The van der Waals surface area contributed by atoms with Crippen LogP contribution in [0.1, 0.15) is 19.8 Å². The molecule has 0 bridgehead atoms. The number of allylic oxidation sites excluding steroid dienone is 1. The molecule has 1 aliphatic heterocycles. The number of aliphatic imine (C=N–C) groups is 1. The van der Waals surface area contributed by atoms with Crippen LogP contribution in [0.25, 0.3) is 0 Å². The Hall–Kier alpha value is -0.640. The molecule has 1 rings (SSSR count). The van der Waals surface area contributed by atoms with Gasteiger partial charge in [0.2, 0.25) is 0 Å². The van der Waals surface area contributed by atoms with Crippen LogP contribution in [-0.2, 0) is 0 Å². The van der Waals surface area contributed by atoms with E-state index in [-0.39, 0.29) is 0 Å². The van der Waals surface area contributed by atoms with E-state index in [1.807, 2.05) is 7.05 Å². The van der Waals surface area contributed by atoms with Gasteiger partial charge in [0.25, 0.3) is 0 Å². The van der Waals surface area contributed by atoms with Crippen molar-refractivity contribution >= 4 is 26.3 Å². The molecule has 0 aromatic heterocycles. The van der Waals surface area contributed by atoms with Crippen molar-refractivity contribution in [1.29, 1.82) is 0 Å². The van der Waals surface area contributed by atoms with E-state index >= 15 is 0 Å². The summed E-state index contributed by atoms with van der Waals surface area (Å²) < 4.78 is 0.914. The van der Waals surface area contributed by atoms with Gasteiger partial charge in [-0.3, -0.25) is 10.0 Å². The molecule has 0 aromatic carbocycles. The third-order valence-electron chi connectivity index (χ3n) is 1.82. The molecule has 4 heteroatoms. The number of halogens is 1. The first kappa shape index (κ1) is 10.4. The van der Waals surface area contributed by atoms with Gasteiger partial charge in [-0.25, -0.2) is 0 Å². The van der Waals surface area contributed by atoms with Crippen molar-refractivity contribution < 1.29 is 0 Å². The van der Waals surface area contributed by atoms with Crippen molar-refractivity contribution in [3.8, 4) is 0 Å². The van der Waals surface area contributed by atoms with Crippen LogP contribution in [0.5, 0.6) is 0 Å². The van der Waals surface area contributed by atoms with E-state index in [0.29, 0.717) is 0 Å². The Morgan fingerprint density at radius 3 is 3.00 bits per heavy atom. The maximum Gasteiger partial charge on any atom is 0.109 e. The molecule has 0 unspecified atom stereocenters. The summed E-state index contributed by atoms with van der Waals surface area (Å²) in [6.07, 6.45) is 1.83. The van der Waals surface area contributed by atoms with E-state index in [2.05, 4.69) is 39.5 Å². The molecule has 0 saturated carbocycles. The Balaban J connectivity index is 2.78. The average molecular weight is 244 g/mol. The van der Waals surface area contributed by atoms with Crippen LogP contribution in [0.2, 0.25) is 0 Å². The molecular formula is C9H14BrN3. The number of hydrazone groups is 1. The number of nitrogens with zero attached hydrogens (tertiary/aromatic N) is 3. The minimum atomic E-state index is 0.767. The van der Waals surface area contributed by atoms with Gasteiger partial charge in [0.1, 0.15) is 4.62 Å². The van der Waals surface area contributed by atoms with Gasteiger partial charge in [0.15, 0.2) is 0 Å². The molecule has 0 atom stereocenters. The molecule has 0 spiro atoms. The van der Waals surface area contributed by atoms with Crippen LogP contribution >= 0.6 is 15.9 Å². The lowest BCUT2D eigenvalue weighted by atomic mass is 10.2. The van der Waals surface area contributed by atoms with Gasteiger partial charge >= 0.3 is 0 Å². The Morgan fingerprint density at radius 2 is 2.38 bits per heavy atom.